The molecule has 1 aliphatic carbocycles. The third kappa shape index (κ3) is 2.18. The second-order valence-electron chi connectivity index (χ2n) is 6.03. The third-order valence-electron chi connectivity index (χ3n) is 4.81. The molecule has 0 aromatic heterocycles. The molecule has 2 heterocycles. The zero-order valence-corrected chi connectivity index (χ0v) is 10.9. The molecular formula is C13H20N2O4. The Labute approximate surface area is 112 Å². The Balaban J connectivity index is 1.68. The monoisotopic (exact) mass is 268 g/mol. The standard InChI is InChI=1S/C13H20N2O4/c16-10-4-11(12(17)18)15(7-10)13(19)14-5-8-2-1-3-9(8)6-14/h8-11,16H,1-7H2,(H,17,18)/t8?,9?,10?,11-/m0/s1. The molecule has 6 heteroatoms. The van der Waals surface area contributed by atoms with E-state index in [1.165, 1.54) is 24.2 Å². The molecule has 0 aromatic rings. The molecule has 3 aliphatic rings. The van der Waals surface area contributed by atoms with Crippen molar-refractivity contribution < 1.29 is 19.8 Å². The van der Waals surface area contributed by atoms with Crippen molar-refractivity contribution >= 4 is 12.0 Å². The molecule has 4 atom stereocenters. The van der Waals surface area contributed by atoms with Crippen LogP contribution in [0.1, 0.15) is 25.7 Å². The zero-order valence-electron chi connectivity index (χ0n) is 10.9. The SMILES string of the molecule is O=C(O)[C@@H]1CC(O)CN1C(=O)N1CC2CCCC2C1. The number of nitrogens with zero attached hydrogens (tertiary/aromatic N) is 2. The Kier molecular flexibility index (Phi) is 3.12. The molecule has 2 saturated heterocycles. The van der Waals surface area contributed by atoms with Gasteiger partial charge >= 0.3 is 12.0 Å². The Morgan fingerprint density at radius 3 is 2.26 bits per heavy atom. The van der Waals surface area contributed by atoms with Gasteiger partial charge in [-0.3, -0.25) is 0 Å². The first-order valence-electron chi connectivity index (χ1n) is 7.02. The molecule has 19 heavy (non-hydrogen) atoms. The molecule has 6 nitrogen and oxygen atoms in total. The summed E-state index contributed by atoms with van der Waals surface area (Å²) in [7, 11) is 0. The van der Waals surface area contributed by atoms with Gasteiger partial charge in [-0.1, -0.05) is 6.42 Å². The van der Waals surface area contributed by atoms with Crippen LogP contribution in [-0.4, -0.2) is 63.8 Å². The van der Waals surface area contributed by atoms with Crippen molar-refractivity contribution in [3.05, 3.63) is 0 Å². The Morgan fingerprint density at radius 1 is 1.05 bits per heavy atom. The number of hydrogen-bond donors (Lipinski definition) is 2. The predicted octanol–water partition coefficient (Wildman–Crippen LogP) is 0.358. The fourth-order valence-electron chi connectivity index (χ4n) is 3.83. The van der Waals surface area contributed by atoms with E-state index >= 15 is 0 Å². The molecule has 0 aromatic carbocycles. The van der Waals surface area contributed by atoms with Gasteiger partial charge in [-0.05, 0) is 24.7 Å². The summed E-state index contributed by atoms with van der Waals surface area (Å²) in [4.78, 5) is 26.7. The van der Waals surface area contributed by atoms with Gasteiger partial charge in [-0.2, -0.15) is 0 Å². The molecule has 2 N–H and O–H groups in total. The van der Waals surface area contributed by atoms with E-state index in [0.29, 0.717) is 11.8 Å². The van der Waals surface area contributed by atoms with Crippen molar-refractivity contribution in [1.29, 1.82) is 0 Å². The van der Waals surface area contributed by atoms with Gasteiger partial charge in [0.25, 0.3) is 0 Å². The lowest BCUT2D eigenvalue weighted by Crippen LogP contribution is -2.47. The lowest BCUT2D eigenvalue weighted by Gasteiger charge is -2.27. The molecule has 3 fully saturated rings. The molecule has 2 aliphatic heterocycles. The maximum Gasteiger partial charge on any atom is 0.326 e. The number of fused-ring (bicyclic) bond motifs is 1. The second kappa shape index (κ2) is 4.67. The number of likely N-dealkylation sites (tertiary alicyclic amines) is 2. The summed E-state index contributed by atoms with van der Waals surface area (Å²) in [6.07, 6.45) is 3.03. The van der Waals surface area contributed by atoms with Crippen molar-refractivity contribution in [1.82, 2.24) is 9.80 Å². The first-order chi connectivity index (χ1) is 9.06. The third-order valence-corrected chi connectivity index (χ3v) is 4.81. The number of aliphatic carboxylic acids is 1. The number of hydrogen-bond acceptors (Lipinski definition) is 3. The molecule has 0 bridgehead atoms. The topological polar surface area (TPSA) is 81.1 Å². The molecule has 2 amide bonds. The molecule has 3 rings (SSSR count). The molecule has 1 saturated carbocycles. The first-order valence-corrected chi connectivity index (χ1v) is 7.02. The minimum absolute atomic E-state index is 0.141. The van der Waals surface area contributed by atoms with Crippen molar-refractivity contribution in [3.8, 4) is 0 Å². The minimum Gasteiger partial charge on any atom is -0.480 e. The molecular weight excluding hydrogens is 248 g/mol. The van der Waals surface area contributed by atoms with Crippen LogP contribution < -0.4 is 0 Å². The van der Waals surface area contributed by atoms with E-state index in [1.807, 2.05) is 0 Å². The first kappa shape index (κ1) is 12.7. The van der Waals surface area contributed by atoms with E-state index in [9.17, 15) is 14.7 Å². The number of rotatable bonds is 1. The predicted molar refractivity (Wildman–Crippen MR) is 66.6 cm³/mol. The summed E-state index contributed by atoms with van der Waals surface area (Å²) in [5, 5.41) is 18.7. The number of aliphatic hydroxyl groups excluding tert-OH is 1. The average Bonchev–Trinajstić information content (AvgIpc) is 2.99. The highest BCUT2D eigenvalue weighted by atomic mass is 16.4. The van der Waals surface area contributed by atoms with E-state index in [0.717, 1.165) is 13.1 Å². The highest BCUT2D eigenvalue weighted by Gasteiger charge is 2.44. The van der Waals surface area contributed by atoms with Crippen LogP contribution in [0.25, 0.3) is 0 Å². The fourth-order valence-corrected chi connectivity index (χ4v) is 3.83. The largest absolute Gasteiger partial charge is 0.480 e. The number of β-amino-alcohol motifs (C(OH)–C–C–N with tert-alkyl or cyclic N) is 1. The quantitative estimate of drug-likeness (QED) is 0.719. The zero-order chi connectivity index (χ0) is 13.6. The lowest BCUT2D eigenvalue weighted by molar-refractivity contribution is -0.141. The highest BCUT2D eigenvalue weighted by Crippen LogP contribution is 2.38. The number of carbonyl (C=O) groups is 2. The summed E-state index contributed by atoms with van der Waals surface area (Å²) in [6, 6.07) is -1.08. The number of carboxylic acids is 1. The summed E-state index contributed by atoms with van der Waals surface area (Å²) in [5.41, 5.74) is 0. The summed E-state index contributed by atoms with van der Waals surface area (Å²) in [5.74, 6) is 0.170. The van der Waals surface area contributed by atoms with Crippen molar-refractivity contribution in [2.45, 2.75) is 37.8 Å². The van der Waals surface area contributed by atoms with Crippen molar-refractivity contribution in [2.24, 2.45) is 11.8 Å². The number of carbonyl (C=O) groups excluding carboxylic acids is 1. The number of carboxylic acid groups (broad SMARTS) is 1. The van der Waals surface area contributed by atoms with Crippen LogP contribution in [0.3, 0.4) is 0 Å². The molecule has 3 unspecified atom stereocenters. The van der Waals surface area contributed by atoms with Gasteiger partial charge in [0.2, 0.25) is 0 Å². The Hall–Kier alpha value is -1.30. The van der Waals surface area contributed by atoms with Crippen LogP contribution in [0.2, 0.25) is 0 Å². The second-order valence-corrected chi connectivity index (χ2v) is 6.03. The van der Waals surface area contributed by atoms with E-state index in [4.69, 9.17) is 5.11 Å². The molecule has 0 radical (unpaired) electrons. The van der Waals surface area contributed by atoms with Crippen LogP contribution in [0.4, 0.5) is 4.79 Å². The number of amides is 2. The maximum atomic E-state index is 12.4. The van der Waals surface area contributed by atoms with Crippen LogP contribution in [-0.2, 0) is 4.79 Å². The Bertz CT molecular complexity index is 388. The van der Waals surface area contributed by atoms with Crippen molar-refractivity contribution in [2.75, 3.05) is 19.6 Å². The Morgan fingerprint density at radius 2 is 1.68 bits per heavy atom. The fraction of sp³-hybridized carbons (Fsp3) is 0.846. The normalized spacial score (nSPS) is 37.7. The van der Waals surface area contributed by atoms with Gasteiger partial charge < -0.3 is 20.0 Å². The van der Waals surface area contributed by atoms with E-state index in [1.54, 1.807) is 4.90 Å². The average molecular weight is 268 g/mol. The summed E-state index contributed by atoms with van der Waals surface area (Å²) < 4.78 is 0. The van der Waals surface area contributed by atoms with Crippen LogP contribution in [0, 0.1) is 11.8 Å². The van der Waals surface area contributed by atoms with E-state index in [-0.39, 0.29) is 19.0 Å². The minimum atomic E-state index is -1.02. The van der Waals surface area contributed by atoms with Gasteiger partial charge in [0.15, 0.2) is 0 Å². The summed E-state index contributed by atoms with van der Waals surface area (Å²) >= 11 is 0. The maximum absolute atomic E-state index is 12.4. The summed E-state index contributed by atoms with van der Waals surface area (Å²) in [6.45, 7) is 1.65. The van der Waals surface area contributed by atoms with Crippen LogP contribution in [0.15, 0.2) is 0 Å². The number of aliphatic hydroxyl groups is 1. The van der Waals surface area contributed by atoms with Crippen molar-refractivity contribution in [3.63, 3.8) is 0 Å². The molecule has 106 valence electrons. The smallest absolute Gasteiger partial charge is 0.326 e. The van der Waals surface area contributed by atoms with Gasteiger partial charge in [0.1, 0.15) is 6.04 Å². The lowest BCUT2D eigenvalue weighted by atomic mass is 10.0. The number of urea groups is 1. The van der Waals surface area contributed by atoms with Crippen LogP contribution in [0.5, 0.6) is 0 Å². The highest BCUT2D eigenvalue weighted by molar-refractivity contribution is 5.83. The van der Waals surface area contributed by atoms with Gasteiger partial charge in [0, 0.05) is 26.1 Å². The van der Waals surface area contributed by atoms with Crippen LogP contribution >= 0.6 is 0 Å². The van der Waals surface area contributed by atoms with E-state index in [2.05, 4.69) is 0 Å². The van der Waals surface area contributed by atoms with Gasteiger partial charge in [0.05, 0.1) is 6.10 Å². The van der Waals surface area contributed by atoms with Gasteiger partial charge in [-0.25, -0.2) is 9.59 Å². The molecule has 0 spiro atoms. The van der Waals surface area contributed by atoms with Gasteiger partial charge in [-0.15, -0.1) is 0 Å². The van der Waals surface area contributed by atoms with E-state index < -0.39 is 18.1 Å².